The summed E-state index contributed by atoms with van der Waals surface area (Å²) >= 11 is 10.6. The van der Waals surface area contributed by atoms with Crippen molar-refractivity contribution in [1.82, 2.24) is 9.44 Å². The van der Waals surface area contributed by atoms with E-state index in [0.29, 0.717) is 5.56 Å². The van der Waals surface area contributed by atoms with Crippen molar-refractivity contribution in [2.75, 3.05) is 19.3 Å². The van der Waals surface area contributed by atoms with E-state index < -0.39 is 20.0 Å². The highest BCUT2D eigenvalue weighted by molar-refractivity contribution is 7.89. The van der Waals surface area contributed by atoms with E-state index in [9.17, 15) is 16.8 Å². The fourth-order valence-electron chi connectivity index (χ4n) is 1.36. The summed E-state index contributed by atoms with van der Waals surface area (Å²) in [6.45, 7) is -0.201. The average Bonchev–Trinajstić information content (AvgIpc) is 2.33. The van der Waals surface area contributed by atoms with Gasteiger partial charge in [0.05, 0.1) is 11.3 Å². The molecule has 0 spiro atoms. The molecular weight excluding hydrogens is 358 g/mol. The third-order valence-corrected chi connectivity index (χ3v) is 5.19. The molecule has 0 heterocycles. The van der Waals surface area contributed by atoms with Crippen LogP contribution >= 0.6 is 23.8 Å². The zero-order valence-corrected chi connectivity index (χ0v) is 14.2. The Morgan fingerprint density at radius 1 is 1.24 bits per heavy atom. The van der Waals surface area contributed by atoms with Crippen LogP contribution < -0.4 is 15.2 Å². The largest absolute Gasteiger partial charge is 0.389 e. The van der Waals surface area contributed by atoms with Crippen LogP contribution in [-0.4, -0.2) is 41.2 Å². The molecule has 0 unspecified atom stereocenters. The smallest absolute Gasteiger partial charge is 0.242 e. The van der Waals surface area contributed by atoms with Crippen LogP contribution in [0.5, 0.6) is 0 Å². The molecule has 4 N–H and O–H groups in total. The van der Waals surface area contributed by atoms with Gasteiger partial charge in [0.25, 0.3) is 0 Å². The Bertz CT molecular complexity index is 747. The van der Waals surface area contributed by atoms with Crippen molar-refractivity contribution in [2.24, 2.45) is 5.73 Å². The van der Waals surface area contributed by atoms with Gasteiger partial charge in [0.2, 0.25) is 20.0 Å². The molecule has 0 bridgehead atoms. The summed E-state index contributed by atoms with van der Waals surface area (Å²) in [5.41, 5.74) is 5.81. The first-order valence-corrected chi connectivity index (χ1v) is 9.72. The van der Waals surface area contributed by atoms with E-state index in [2.05, 4.69) is 9.44 Å². The molecule has 0 radical (unpaired) electrons. The maximum Gasteiger partial charge on any atom is 0.242 e. The van der Waals surface area contributed by atoms with Gasteiger partial charge in [-0.25, -0.2) is 26.3 Å². The number of nitrogens with two attached hydrogens (primary N) is 1. The third kappa shape index (κ3) is 5.85. The van der Waals surface area contributed by atoms with Gasteiger partial charge in [-0.2, -0.15) is 0 Å². The first kappa shape index (κ1) is 18.3. The summed E-state index contributed by atoms with van der Waals surface area (Å²) in [5, 5.41) is 0.0126. The fraction of sp³-hybridized carbons (Fsp3) is 0.300. The summed E-state index contributed by atoms with van der Waals surface area (Å²) < 4.78 is 50.3. The van der Waals surface area contributed by atoms with Gasteiger partial charge in [-0.05, 0) is 12.1 Å². The van der Waals surface area contributed by atoms with Crippen molar-refractivity contribution < 1.29 is 16.8 Å². The van der Waals surface area contributed by atoms with Crippen LogP contribution in [0.25, 0.3) is 0 Å². The maximum absolute atomic E-state index is 12.1. The first-order valence-electron chi connectivity index (χ1n) is 5.56. The monoisotopic (exact) mass is 371 g/mol. The molecule has 0 aromatic heterocycles. The Labute approximate surface area is 134 Å². The predicted molar refractivity (Wildman–Crippen MR) is 85.4 cm³/mol. The second-order valence-electron chi connectivity index (χ2n) is 4.07. The number of nitrogens with one attached hydrogen (secondary N) is 2. The van der Waals surface area contributed by atoms with Crippen molar-refractivity contribution in [3.63, 3.8) is 0 Å². The number of sulfonamides is 2. The third-order valence-electron chi connectivity index (χ3n) is 2.29. The quantitative estimate of drug-likeness (QED) is 0.451. The van der Waals surface area contributed by atoms with Crippen LogP contribution in [0.4, 0.5) is 0 Å². The van der Waals surface area contributed by atoms with Crippen LogP contribution in [0.15, 0.2) is 23.1 Å². The Hall–Kier alpha value is -0.780. The SMILES string of the molecule is CS(=O)(=O)NCCNS(=O)(=O)c1cc(C(N)=S)ccc1Cl. The molecule has 1 rings (SSSR count). The lowest BCUT2D eigenvalue weighted by molar-refractivity contribution is 0.573. The van der Waals surface area contributed by atoms with Crippen LogP contribution in [0.3, 0.4) is 0 Å². The lowest BCUT2D eigenvalue weighted by Gasteiger charge is -2.10. The van der Waals surface area contributed by atoms with Gasteiger partial charge in [-0.15, -0.1) is 0 Å². The minimum atomic E-state index is -3.90. The Morgan fingerprint density at radius 3 is 2.33 bits per heavy atom. The topological polar surface area (TPSA) is 118 Å². The van der Waals surface area contributed by atoms with Crippen LogP contribution in [0.2, 0.25) is 5.02 Å². The molecule has 118 valence electrons. The van der Waals surface area contributed by atoms with Gasteiger partial charge < -0.3 is 5.73 Å². The maximum atomic E-state index is 12.1. The van der Waals surface area contributed by atoms with E-state index in [1.54, 1.807) is 0 Å². The minimum Gasteiger partial charge on any atom is -0.389 e. The van der Waals surface area contributed by atoms with E-state index in [0.717, 1.165) is 6.26 Å². The summed E-state index contributed by atoms with van der Waals surface area (Å²) in [7, 11) is -7.27. The van der Waals surface area contributed by atoms with Gasteiger partial charge >= 0.3 is 0 Å². The molecule has 0 fully saturated rings. The Kier molecular flexibility index (Phi) is 6.08. The Balaban J connectivity index is 2.88. The fourth-order valence-corrected chi connectivity index (χ4v) is 3.52. The van der Waals surface area contributed by atoms with Crippen LogP contribution in [0, 0.1) is 0 Å². The molecule has 0 aliphatic rings. The summed E-state index contributed by atoms with van der Waals surface area (Å²) in [4.78, 5) is -0.129. The van der Waals surface area contributed by atoms with Gasteiger partial charge in [-0.1, -0.05) is 29.9 Å². The number of rotatable bonds is 7. The molecule has 0 aliphatic heterocycles. The molecule has 1 aromatic carbocycles. The highest BCUT2D eigenvalue weighted by atomic mass is 35.5. The lowest BCUT2D eigenvalue weighted by Crippen LogP contribution is -2.34. The van der Waals surface area contributed by atoms with Gasteiger partial charge in [-0.3, -0.25) is 0 Å². The molecule has 0 aliphatic carbocycles. The van der Waals surface area contributed by atoms with E-state index in [4.69, 9.17) is 29.6 Å². The highest BCUT2D eigenvalue weighted by Crippen LogP contribution is 2.22. The standard InChI is InChI=1S/C10H14ClN3O4S3/c1-20(15,16)13-4-5-14-21(17,18)9-6-7(10(12)19)2-3-8(9)11/h2-3,6,13-14H,4-5H2,1H3,(H2,12,19). The number of halogens is 1. The number of benzene rings is 1. The van der Waals surface area contributed by atoms with Crippen LogP contribution in [0.1, 0.15) is 5.56 Å². The van der Waals surface area contributed by atoms with E-state index in [1.807, 2.05) is 0 Å². The summed E-state index contributed by atoms with van der Waals surface area (Å²) in [6.07, 6.45) is 0.976. The van der Waals surface area contributed by atoms with Crippen molar-refractivity contribution in [3.05, 3.63) is 28.8 Å². The zero-order chi connectivity index (χ0) is 16.3. The normalized spacial score (nSPS) is 12.3. The number of thiocarbonyl (C=S) groups is 1. The highest BCUT2D eigenvalue weighted by Gasteiger charge is 2.18. The molecule has 21 heavy (non-hydrogen) atoms. The lowest BCUT2D eigenvalue weighted by atomic mass is 10.2. The Morgan fingerprint density at radius 2 is 1.81 bits per heavy atom. The second-order valence-corrected chi connectivity index (χ2v) is 8.49. The van der Waals surface area contributed by atoms with Crippen LogP contribution in [-0.2, 0) is 20.0 Å². The number of hydrogen-bond acceptors (Lipinski definition) is 5. The number of hydrogen-bond donors (Lipinski definition) is 3. The van der Waals surface area contributed by atoms with E-state index in [1.165, 1.54) is 18.2 Å². The van der Waals surface area contributed by atoms with Crippen molar-refractivity contribution >= 4 is 48.9 Å². The molecule has 0 amide bonds. The molecular formula is C10H14ClN3O4S3. The van der Waals surface area contributed by atoms with Crippen molar-refractivity contribution in [1.29, 1.82) is 0 Å². The molecule has 1 aromatic rings. The average molecular weight is 372 g/mol. The molecule has 0 saturated carbocycles. The summed E-state index contributed by atoms with van der Waals surface area (Å²) in [6, 6.07) is 4.14. The van der Waals surface area contributed by atoms with Crippen molar-refractivity contribution in [2.45, 2.75) is 4.90 Å². The molecule has 11 heteroatoms. The molecule has 0 saturated heterocycles. The second kappa shape index (κ2) is 6.99. The molecule has 0 atom stereocenters. The van der Waals surface area contributed by atoms with Gasteiger partial charge in [0.1, 0.15) is 9.88 Å². The predicted octanol–water partition coefficient (Wildman–Crippen LogP) is -0.198. The van der Waals surface area contributed by atoms with E-state index in [-0.39, 0.29) is 28.0 Å². The zero-order valence-electron chi connectivity index (χ0n) is 11.0. The first-order chi connectivity index (χ1) is 9.53. The van der Waals surface area contributed by atoms with Crippen molar-refractivity contribution in [3.8, 4) is 0 Å². The molecule has 7 nitrogen and oxygen atoms in total. The summed E-state index contributed by atoms with van der Waals surface area (Å²) in [5.74, 6) is 0. The van der Waals surface area contributed by atoms with Gasteiger partial charge in [0, 0.05) is 18.7 Å². The van der Waals surface area contributed by atoms with E-state index >= 15 is 0 Å². The minimum absolute atomic E-state index is 0.0126. The van der Waals surface area contributed by atoms with Gasteiger partial charge in [0.15, 0.2) is 0 Å².